The van der Waals surface area contributed by atoms with Gasteiger partial charge in [0, 0.05) is 25.2 Å². The molecule has 0 aliphatic carbocycles. The van der Waals surface area contributed by atoms with E-state index in [4.69, 9.17) is 5.73 Å². The topological polar surface area (TPSA) is 112 Å². The molecule has 3 aromatic rings. The second-order valence-corrected chi connectivity index (χ2v) is 5.49. The van der Waals surface area contributed by atoms with E-state index in [1.54, 1.807) is 25.5 Å². The summed E-state index contributed by atoms with van der Waals surface area (Å²) in [5.74, 6) is 0. The predicted octanol–water partition coefficient (Wildman–Crippen LogP) is 0.0887. The van der Waals surface area contributed by atoms with Crippen molar-refractivity contribution in [3.8, 4) is 0 Å². The Morgan fingerprint density at radius 1 is 1.29 bits per heavy atom. The fourth-order valence-electron chi connectivity index (χ4n) is 1.94. The van der Waals surface area contributed by atoms with E-state index in [9.17, 15) is 9.59 Å². The molecule has 3 rings (SSSR count). The summed E-state index contributed by atoms with van der Waals surface area (Å²) >= 11 is 1.27. The molecule has 0 radical (unpaired) electrons. The number of fused-ring (bicyclic) bond motifs is 1. The van der Waals surface area contributed by atoms with Gasteiger partial charge in [-0.15, -0.1) is 0 Å². The summed E-state index contributed by atoms with van der Waals surface area (Å²) in [4.78, 5) is 35.8. The molecule has 0 aliphatic heterocycles. The largest absolute Gasteiger partial charge is 0.397 e. The number of nitrogens with two attached hydrogens (primary N) is 1. The number of aryl methyl sites for hydroxylation is 1. The normalized spacial score (nSPS) is 11.1. The van der Waals surface area contributed by atoms with E-state index in [0.29, 0.717) is 16.5 Å². The Bertz CT molecular complexity index is 955. The molecule has 0 fully saturated rings. The molecule has 0 unspecified atom stereocenters. The molecule has 8 nitrogen and oxygen atoms in total. The smallest absolute Gasteiger partial charge is 0.332 e. The van der Waals surface area contributed by atoms with Gasteiger partial charge in [-0.1, -0.05) is 0 Å². The second-order valence-electron chi connectivity index (χ2n) is 4.46. The number of imidazole rings is 1. The molecule has 3 heterocycles. The van der Waals surface area contributed by atoms with E-state index in [1.165, 1.54) is 23.4 Å². The highest BCUT2D eigenvalue weighted by Crippen LogP contribution is 2.29. The number of H-pyrrole nitrogens is 1. The lowest BCUT2D eigenvalue weighted by Gasteiger charge is -2.00. The third-order valence-electron chi connectivity index (χ3n) is 3.09. The highest BCUT2D eigenvalue weighted by Gasteiger charge is 2.14. The Labute approximate surface area is 122 Å². The van der Waals surface area contributed by atoms with Gasteiger partial charge >= 0.3 is 5.69 Å². The fraction of sp³-hybridized carbons (Fsp3) is 0.167. The number of nitrogens with one attached hydrogen (secondary N) is 1. The number of rotatable bonds is 2. The number of nitrogen functional groups attached to an aromatic ring is 1. The number of aromatic amines is 1. The molecule has 3 aromatic heterocycles. The number of pyridine rings is 1. The van der Waals surface area contributed by atoms with E-state index in [1.807, 2.05) is 0 Å². The Morgan fingerprint density at radius 2 is 2.05 bits per heavy atom. The van der Waals surface area contributed by atoms with Crippen molar-refractivity contribution in [2.45, 2.75) is 10.1 Å². The number of nitrogens with zero attached hydrogens (tertiary/aromatic N) is 4. The molecule has 0 bridgehead atoms. The molecule has 21 heavy (non-hydrogen) atoms. The van der Waals surface area contributed by atoms with Crippen LogP contribution in [-0.4, -0.2) is 24.1 Å². The Morgan fingerprint density at radius 3 is 2.76 bits per heavy atom. The summed E-state index contributed by atoms with van der Waals surface area (Å²) in [6.45, 7) is 0. The highest BCUT2D eigenvalue weighted by atomic mass is 32.2. The van der Waals surface area contributed by atoms with Gasteiger partial charge < -0.3 is 10.7 Å². The van der Waals surface area contributed by atoms with Gasteiger partial charge in [-0.25, -0.2) is 9.78 Å². The van der Waals surface area contributed by atoms with Gasteiger partial charge in [0.1, 0.15) is 0 Å². The lowest BCUT2D eigenvalue weighted by Crippen LogP contribution is -2.36. The molecule has 108 valence electrons. The van der Waals surface area contributed by atoms with Gasteiger partial charge in [-0.05, 0) is 17.8 Å². The molecule has 0 aromatic carbocycles. The van der Waals surface area contributed by atoms with Crippen LogP contribution in [-0.2, 0) is 14.1 Å². The van der Waals surface area contributed by atoms with Crippen LogP contribution in [0.25, 0.3) is 11.2 Å². The molecule has 0 saturated carbocycles. The third-order valence-corrected chi connectivity index (χ3v) is 4.07. The zero-order chi connectivity index (χ0) is 15.1. The van der Waals surface area contributed by atoms with Crippen LogP contribution < -0.4 is 17.0 Å². The average Bonchev–Trinajstić information content (AvgIpc) is 2.89. The van der Waals surface area contributed by atoms with Crippen molar-refractivity contribution in [3.05, 3.63) is 39.3 Å². The zero-order valence-corrected chi connectivity index (χ0v) is 12.1. The molecule has 0 atom stereocenters. The van der Waals surface area contributed by atoms with Gasteiger partial charge in [-0.2, -0.15) is 0 Å². The molecular weight excluding hydrogens is 292 g/mol. The van der Waals surface area contributed by atoms with Crippen molar-refractivity contribution in [2.24, 2.45) is 14.1 Å². The van der Waals surface area contributed by atoms with E-state index in [0.717, 1.165) is 9.46 Å². The van der Waals surface area contributed by atoms with E-state index >= 15 is 0 Å². The SMILES string of the molecule is Cn1c(=O)c2[nH]c(Sc3ccncc3N)nc2n(C)c1=O. The Hall–Kier alpha value is -2.55. The molecule has 0 aliphatic rings. The first-order chi connectivity index (χ1) is 9.99. The van der Waals surface area contributed by atoms with Crippen LogP contribution in [0.15, 0.2) is 38.1 Å². The Kier molecular flexibility index (Phi) is 3.05. The number of hydrogen-bond donors (Lipinski definition) is 2. The van der Waals surface area contributed by atoms with Gasteiger partial charge in [0.25, 0.3) is 5.56 Å². The Balaban J connectivity index is 2.17. The van der Waals surface area contributed by atoms with Crippen molar-refractivity contribution >= 4 is 28.6 Å². The van der Waals surface area contributed by atoms with Gasteiger partial charge in [0.15, 0.2) is 16.3 Å². The minimum atomic E-state index is -0.418. The summed E-state index contributed by atoms with van der Waals surface area (Å²) in [5.41, 5.74) is 6.12. The molecular formula is C12H12N6O2S. The highest BCUT2D eigenvalue weighted by molar-refractivity contribution is 7.99. The fourth-order valence-corrected chi connectivity index (χ4v) is 2.74. The van der Waals surface area contributed by atoms with E-state index < -0.39 is 11.2 Å². The molecule has 3 N–H and O–H groups in total. The number of aromatic nitrogens is 5. The maximum Gasteiger partial charge on any atom is 0.332 e. The monoisotopic (exact) mass is 304 g/mol. The quantitative estimate of drug-likeness (QED) is 0.694. The summed E-state index contributed by atoms with van der Waals surface area (Å²) in [6.07, 6.45) is 3.16. The number of hydrogen-bond acceptors (Lipinski definition) is 6. The molecule has 0 amide bonds. The van der Waals surface area contributed by atoms with Gasteiger partial charge in [0.05, 0.1) is 11.9 Å². The summed E-state index contributed by atoms with van der Waals surface area (Å²) in [6, 6.07) is 1.75. The van der Waals surface area contributed by atoms with Crippen LogP contribution in [0, 0.1) is 0 Å². The first-order valence-electron chi connectivity index (χ1n) is 6.02. The maximum atomic E-state index is 12.1. The lowest BCUT2D eigenvalue weighted by molar-refractivity contribution is 0.708. The summed E-state index contributed by atoms with van der Waals surface area (Å²) in [7, 11) is 3.00. The lowest BCUT2D eigenvalue weighted by atomic mass is 10.4. The van der Waals surface area contributed by atoms with Crippen LogP contribution in [0.4, 0.5) is 5.69 Å². The van der Waals surface area contributed by atoms with Gasteiger partial charge in [0.2, 0.25) is 0 Å². The number of anilines is 1. The van der Waals surface area contributed by atoms with Crippen molar-refractivity contribution in [1.29, 1.82) is 0 Å². The maximum absolute atomic E-state index is 12.1. The molecule has 0 spiro atoms. The minimum Gasteiger partial charge on any atom is -0.397 e. The van der Waals surface area contributed by atoms with E-state index in [-0.39, 0.29) is 5.52 Å². The summed E-state index contributed by atoms with van der Waals surface area (Å²) < 4.78 is 2.36. The molecule has 0 saturated heterocycles. The van der Waals surface area contributed by atoms with Crippen molar-refractivity contribution in [3.63, 3.8) is 0 Å². The molecule has 9 heteroatoms. The van der Waals surface area contributed by atoms with Crippen LogP contribution in [0.3, 0.4) is 0 Å². The van der Waals surface area contributed by atoms with Crippen LogP contribution in [0.1, 0.15) is 0 Å². The van der Waals surface area contributed by atoms with Crippen LogP contribution in [0.5, 0.6) is 0 Å². The van der Waals surface area contributed by atoms with Crippen molar-refractivity contribution < 1.29 is 0 Å². The standard InChI is InChI=1S/C12H12N6O2S/c1-17-9-8(10(19)18(2)12(17)20)15-11(16-9)21-7-3-4-14-5-6(7)13/h3-5H,13H2,1-2H3,(H,15,16). The predicted molar refractivity (Wildman–Crippen MR) is 79.3 cm³/mol. The minimum absolute atomic E-state index is 0.287. The van der Waals surface area contributed by atoms with Crippen LogP contribution in [0.2, 0.25) is 0 Å². The average molecular weight is 304 g/mol. The first-order valence-corrected chi connectivity index (χ1v) is 6.83. The van der Waals surface area contributed by atoms with Crippen LogP contribution >= 0.6 is 11.8 Å². The third kappa shape index (κ3) is 2.11. The van der Waals surface area contributed by atoms with Gasteiger partial charge in [-0.3, -0.25) is 18.9 Å². The summed E-state index contributed by atoms with van der Waals surface area (Å²) in [5, 5.41) is 0.487. The van der Waals surface area contributed by atoms with E-state index in [2.05, 4.69) is 15.0 Å². The first kappa shape index (κ1) is 13.4. The zero-order valence-electron chi connectivity index (χ0n) is 11.3. The van der Waals surface area contributed by atoms with Crippen molar-refractivity contribution in [2.75, 3.05) is 5.73 Å². The van der Waals surface area contributed by atoms with Crippen molar-refractivity contribution in [1.82, 2.24) is 24.1 Å². The second kappa shape index (κ2) is 4.77.